The average Bonchev–Trinajstić information content (AvgIpc) is 2.23. The monoisotopic (exact) mass is 201 g/mol. The van der Waals surface area contributed by atoms with Gasteiger partial charge in [0.25, 0.3) is 0 Å². The summed E-state index contributed by atoms with van der Waals surface area (Å²) in [7, 11) is 0. The Bertz CT molecular complexity index is 169. The van der Waals surface area contributed by atoms with Gasteiger partial charge in [-0.25, -0.2) is 0 Å². The predicted octanol–water partition coefficient (Wildman–Crippen LogP) is 1.57. The zero-order valence-corrected chi connectivity index (χ0v) is 9.80. The van der Waals surface area contributed by atoms with Gasteiger partial charge in [-0.2, -0.15) is 0 Å². The average molecular weight is 201 g/mol. The van der Waals surface area contributed by atoms with E-state index in [1.165, 1.54) is 0 Å². The smallest absolute Gasteiger partial charge is 0.0932 e. The van der Waals surface area contributed by atoms with Gasteiger partial charge in [-0.15, -0.1) is 0 Å². The van der Waals surface area contributed by atoms with Gasteiger partial charge in [-0.1, -0.05) is 0 Å². The lowest BCUT2D eigenvalue weighted by atomic mass is 10.0. The van der Waals surface area contributed by atoms with Gasteiger partial charge in [0.2, 0.25) is 0 Å². The summed E-state index contributed by atoms with van der Waals surface area (Å²) in [5.41, 5.74) is 0.201. The van der Waals surface area contributed by atoms with Crippen molar-refractivity contribution in [3.05, 3.63) is 0 Å². The van der Waals surface area contributed by atoms with E-state index in [1.54, 1.807) is 0 Å². The van der Waals surface area contributed by atoms with Gasteiger partial charge in [0.15, 0.2) is 0 Å². The van der Waals surface area contributed by atoms with Crippen molar-refractivity contribution >= 4 is 0 Å². The lowest BCUT2D eigenvalue weighted by Gasteiger charge is -2.23. The highest BCUT2D eigenvalue weighted by molar-refractivity contribution is 4.81. The second-order valence-electron chi connectivity index (χ2n) is 4.89. The van der Waals surface area contributed by atoms with Gasteiger partial charge < -0.3 is 14.8 Å². The maximum Gasteiger partial charge on any atom is 0.0932 e. The molecule has 0 aromatic carbocycles. The summed E-state index contributed by atoms with van der Waals surface area (Å²) in [6.07, 6.45) is 1.56. The van der Waals surface area contributed by atoms with Crippen LogP contribution in [0, 0.1) is 0 Å². The maximum absolute atomic E-state index is 5.70. The predicted molar refractivity (Wildman–Crippen MR) is 57.5 cm³/mol. The van der Waals surface area contributed by atoms with Crippen LogP contribution in [0.2, 0.25) is 0 Å². The fraction of sp³-hybridized carbons (Fsp3) is 1.00. The zero-order valence-electron chi connectivity index (χ0n) is 9.80. The van der Waals surface area contributed by atoms with Crippen LogP contribution in [0.5, 0.6) is 0 Å². The Labute approximate surface area is 87.2 Å². The molecule has 3 heteroatoms. The van der Waals surface area contributed by atoms with E-state index in [0.717, 1.165) is 19.6 Å². The molecule has 84 valence electrons. The summed E-state index contributed by atoms with van der Waals surface area (Å²) in [4.78, 5) is 0. The van der Waals surface area contributed by atoms with Gasteiger partial charge in [0, 0.05) is 18.7 Å². The van der Waals surface area contributed by atoms with Gasteiger partial charge in [0.1, 0.15) is 0 Å². The molecule has 0 saturated carbocycles. The number of hydrogen-bond acceptors (Lipinski definition) is 3. The first-order valence-electron chi connectivity index (χ1n) is 5.48. The van der Waals surface area contributed by atoms with Gasteiger partial charge in [0.05, 0.1) is 18.8 Å². The van der Waals surface area contributed by atoms with Crippen molar-refractivity contribution in [2.24, 2.45) is 0 Å². The van der Waals surface area contributed by atoms with Crippen molar-refractivity contribution in [3.8, 4) is 0 Å². The zero-order chi connectivity index (χ0) is 10.6. The molecule has 1 heterocycles. The highest BCUT2D eigenvalue weighted by Gasteiger charge is 2.23. The molecule has 1 rings (SSSR count). The molecule has 1 aliphatic rings. The van der Waals surface area contributed by atoms with Gasteiger partial charge in [-0.3, -0.25) is 0 Å². The Morgan fingerprint density at radius 2 is 2.21 bits per heavy atom. The first-order chi connectivity index (χ1) is 6.49. The molecule has 0 unspecified atom stereocenters. The number of ether oxygens (including phenoxy) is 2. The third-order valence-corrected chi connectivity index (χ3v) is 2.50. The van der Waals surface area contributed by atoms with E-state index in [-0.39, 0.29) is 17.7 Å². The fourth-order valence-corrected chi connectivity index (χ4v) is 1.43. The Morgan fingerprint density at radius 3 is 2.86 bits per heavy atom. The van der Waals surface area contributed by atoms with Crippen LogP contribution in [0.4, 0.5) is 0 Å². The second kappa shape index (κ2) is 5.10. The van der Waals surface area contributed by atoms with Crippen LogP contribution in [0.3, 0.4) is 0 Å². The molecule has 0 amide bonds. The summed E-state index contributed by atoms with van der Waals surface area (Å²) >= 11 is 0. The van der Waals surface area contributed by atoms with E-state index in [9.17, 15) is 0 Å². The Morgan fingerprint density at radius 1 is 1.50 bits per heavy atom. The summed E-state index contributed by atoms with van der Waals surface area (Å²) < 4.78 is 11.2. The largest absolute Gasteiger partial charge is 0.376 e. The highest BCUT2D eigenvalue weighted by atomic mass is 16.5. The van der Waals surface area contributed by atoms with Crippen LogP contribution in [-0.2, 0) is 9.47 Å². The molecular formula is C11H23NO2. The van der Waals surface area contributed by atoms with Crippen molar-refractivity contribution in [2.45, 2.75) is 51.9 Å². The van der Waals surface area contributed by atoms with Gasteiger partial charge in [-0.05, 0) is 34.1 Å². The maximum atomic E-state index is 5.70. The minimum atomic E-state index is 0.201. The van der Waals surface area contributed by atoms with Crippen LogP contribution in [-0.4, -0.2) is 37.5 Å². The van der Waals surface area contributed by atoms with Gasteiger partial charge >= 0.3 is 0 Å². The molecule has 1 saturated heterocycles. The van der Waals surface area contributed by atoms with Crippen LogP contribution >= 0.6 is 0 Å². The van der Waals surface area contributed by atoms with Crippen molar-refractivity contribution in [2.75, 3.05) is 19.8 Å². The third kappa shape index (κ3) is 4.40. The number of nitrogens with one attached hydrogen (secondary N) is 1. The van der Waals surface area contributed by atoms with Crippen LogP contribution in [0.25, 0.3) is 0 Å². The van der Waals surface area contributed by atoms with E-state index in [0.29, 0.717) is 6.61 Å². The van der Waals surface area contributed by atoms with E-state index in [4.69, 9.17) is 9.47 Å². The van der Waals surface area contributed by atoms with Crippen molar-refractivity contribution in [1.29, 1.82) is 0 Å². The summed E-state index contributed by atoms with van der Waals surface area (Å²) in [6.45, 7) is 10.9. The Hall–Kier alpha value is -0.120. The van der Waals surface area contributed by atoms with Crippen molar-refractivity contribution in [1.82, 2.24) is 5.32 Å². The third-order valence-electron chi connectivity index (χ3n) is 2.50. The first kappa shape index (κ1) is 12.0. The molecule has 0 aromatic heterocycles. The van der Waals surface area contributed by atoms with Crippen molar-refractivity contribution < 1.29 is 9.47 Å². The Kier molecular flexibility index (Phi) is 4.35. The molecule has 1 aliphatic heterocycles. The van der Waals surface area contributed by atoms with E-state index < -0.39 is 0 Å². The van der Waals surface area contributed by atoms with E-state index in [1.807, 2.05) is 13.8 Å². The van der Waals surface area contributed by atoms with Crippen LogP contribution in [0.15, 0.2) is 0 Å². The van der Waals surface area contributed by atoms with Crippen LogP contribution in [0.1, 0.15) is 34.1 Å². The summed E-state index contributed by atoms with van der Waals surface area (Å²) in [5, 5.41) is 3.49. The molecular weight excluding hydrogens is 178 g/mol. The minimum Gasteiger partial charge on any atom is -0.376 e. The summed E-state index contributed by atoms with van der Waals surface area (Å²) in [5.74, 6) is 0. The lowest BCUT2D eigenvalue weighted by Crippen LogP contribution is -2.42. The molecule has 1 fully saturated rings. The van der Waals surface area contributed by atoms with Crippen molar-refractivity contribution in [3.63, 3.8) is 0 Å². The lowest BCUT2D eigenvalue weighted by molar-refractivity contribution is -0.0272. The second-order valence-corrected chi connectivity index (χ2v) is 4.89. The SMILES string of the molecule is CC(C)OC[C@@H]1CNC(C)(C)CCO1. The molecule has 1 atom stereocenters. The Balaban J connectivity index is 2.28. The number of hydrogen-bond donors (Lipinski definition) is 1. The number of rotatable bonds is 3. The summed E-state index contributed by atoms with van der Waals surface area (Å²) in [6, 6.07) is 0. The molecule has 0 radical (unpaired) electrons. The molecule has 0 aromatic rings. The molecule has 14 heavy (non-hydrogen) atoms. The van der Waals surface area contributed by atoms with Crippen LogP contribution < -0.4 is 5.32 Å². The molecule has 3 nitrogen and oxygen atoms in total. The molecule has 1 N–H and O–H groups in total. The fourth-order valence-electron chi connectivity index (χ4n) is 1.43. The molecule has 0 bridgehead atoms. The standard InChI is InChI=1S/C11H23NO2/c1-9(2)14-8-10-7-12-11(3,4)5-6-13-10/h9-10,12H,5-8H2,1-4H3/t10-/m0/s1. The minimum absolute atomic E-state index is 0.201. The van der Waals surface area contributed by atoms with E-state index >= 15 is 0 Å². The van der Waals surface area contributed by atoms with E-state index in [2.05, 4.69) is 19.2 Å². The first-order valence-corrected chi connectivity index (χ1v) is 5.48. The highest BCUT2D eigenvalue weighted by Crippen LogP contribution is 2.13. The normalized spacial score (nSPS) is 27.6. The molecule has 0 spiro atoms. The quantitative estimate of drug-likeness (QED) is 0.752. The molecule has 0 aliphatic carbocycles. The topological polar surface area (TPSA) is 30.5 Å².